The third-order valence-corrected chi connectivity index (χ3v) is 6.40. The van der Waals surface area contributed by atoms with Crippen LogP contribution < -0.4 is 15.8 Å². The van der Waals surface area contributed by atoms with Gasteiger partial charge in [-0.25, -0.2) is 0 Å². The molecule has 1 fully saturated rings. The van der Waals surface area contributed by atoms with Gasteiger partial charge in [0.2, 0.25) is 0 Å². The lowest BCUT2D eigenvalue weighted by Crippen LogP contribution is -2.46. The number of hydrogen-bond acceptors (Lipinski definition) is 3. The van der Waals surface area contributed by atoms with Crippen molar-refractivity contribution in [2.24, 2.45) is 5.73 Å². The first-order valence-electron chi connectivity index (χ1n) is 10.7. The first-order chi connectivity index (χ1) is 14.7. The minimum atomic E-state index is 0.0475. The monoisotopic (exact) mass is 420 g/mol. The van der Waals surface area contributed by atoms with Crippen LogP contribution in [0.3, 0.4) is 0 Å². The van der Waals surface area contributed by atoms with E-state index in [1.54, 1.807) is 0 Å². The van der Waals surface area contributed by atoms with Gasteiger partial charge in [0, 0.05) is 29.6 Å². The van der Waals surface area contributed by atoms with Gasteiger partial charge in [-0.05, 0) is 53.8 Å². The van der Waals surface area contributed by atoms with E-state index in [0.29, 0.717) is 13.2 Å². The van der Waals surface area contributed by atoms with Crippen molar-refractivity contribution in [3.63, 3.8) is 0 Å². The Hall–Kier alpha value is -2.33. The number of halogens is 1. The third kappa shape index (κ3) is 4.54. The van der Waals surface area contributed by atoms with Gasteiger partial charge >= 0.3 is 0 Å². The van der Waals surface area contributed by atoms with Gasteiger partial charge in [0.15, 0.2) is 0 Å². The molecule has 0 bridgehead atoms. The van der Waals surface area contributed by atoms with Crippen LogP contribution in [0.5, 0.6) is 5.75 Å². The van der Waals surface area contributed by atoms with Gasteiger partial charge in [-0.3, -0.25) is 0 Å². The Kier molecular flexibility index (Phi) is 6.73. The molecule has 1 aliphatic carbocycles. The predicted octanol–water partition coefficient (Wildman–Crippen LogP) is 5.63. The fraction of sp³-hybridized carbons (Fsp3) is 0.308. The molecule has 1 saturated carbocycles. The van der Waals surface area contributed by atoms with Gasteiger partial charge in [-0.1, -0.05) is 72.6 Å². The first-order valence-corrected chi connectivity index (χ1v) is 11.1. The summed E-state index contributed by atoms with van der Waals surface area (Å²) in [5, 5.41) is 4.66. The molecule has 0 amide bonds. The molecule has 0 spiro atoms. The van der Waals surface area contributed by atoms with E-state index in [-0.39, 0.29) is 11.5 Å². The van der Waals surface area contributed by atoms with Crippen LogP contribution in [0.15, 0.2) is 78.9 Å². The van der Waals surface area contributed by atoms with Crippen molar-refractivity contribution in [3.8, 4) is 5.75 Å². The summed E-state index contributed by atoms with van der Waals surface area (Å²) in [6, 6.07) is 27.6. The fourth-order valence-electron chi connectivity index (χ4n) is 4.49. The molecular weight excluding hydrogens is 392 g/mol. The van der Waals surface area contributed by atoms with Gasteiger partial charge in [0.25, 0.3) is 0 Å². The second-order valence-electron chi connectivity index (χ2n) is 8.03. The lowest BCUT2D eigenvalue weighted by atomic mass is 9.58. The van der Waals surface area contributed by atoms with Gasteiger partial charge in [-0.2, -0.15) is 0 Å². The van der Waals surface area contributed by atoms with E-state index in [1.165, 1.54) is 23.1 Å². The number of nitrogens with one attached hydrogen (secondary N) is 1. The number of hydrogen-bond donors (Lipinski definition) is 2. The van der Waals surface area contributed by atoms with Crippen LogP contribution in [0.2, 0.25) is 5.02 Å². The second kappa shape index (κ2) is 9.65. The maximum absolute atomic E-state index is 6.19. The summed E-state index contributed by atoms with van der Waals surface area (Å²) in [5.74, 6) is 0.870. The van der Waals surface area contributed by atoms with Crippen molar-refractivity contribution in [3.05, 3.63) is 101 Å². The largest absolute Gasteiger partial charge is 0.492 e. The molecule has 0 radical (unpaired) electrons. The summed E-state index contributed by atoms with van der Waals surface area (Å²) in [5.41, 5.74) is 9.54. The molecule has 4 rings (SSSR count). The van der Waals surface area contributed by atoms with E-state index < -0.39 is 0 Å². The average molecular weight is 421 g/mol. The minimum Gasteiger partial charge on any atom is -0.492 e. The summed E-state index contributed by atoms with van der Waals surface area (Å²) in [6.07, 6.45) is 3.53. The van der Waals surface area contributed by atoms with E-state index in [1.807, 2.05) is 18.2 Å². The van der Waals surface area contributed by atoms with Gasteiger partial charge < -0.3 is 15.8 Å². The maximum atomic E-state index is 6.19. The molecule has 3 aromatic carbocycles. The maximum Gasteiger partial charge on any atom is 0.119 e. The van der Waals surface area contributed by atoms with Crippen molar-refractivity contribution in [1.29, 1.82) is 0 Å². The fourth-order valence-corrected chi connectivity index (χ4v) is 4.62. The van der Waals surface area contributed by atoms with E-state index in [0.717, 1.165) is 30.2 Å². The van der Waals surface area contributed by atoms with Crippen molar-refractivity contribution >= 4 is 11.6 Å². The smallest absolute Gasteiger partial charge is 0.119 e. The molecule has 156 valence electrons. The van der Waals surface area contributed by atoms with Crippen LogP contribution in [0.25, 0.3) is 0 Å². The summed E-state index contributed by atoms with van der Waals surface area (Å²) < 4.78 is 5.82. The SMILES string of the molecule is NCCOc1cccc(C(NCc2ccccc2)C2(c3ccc(Cl)cc3)CCC2)c1. The Balaban J connectivity index is 1.68. The molecule has 1 aliphatic rings. The number of rotatable bonds is 9. The van der Waals surface area contributed by atoms with E-state index in [4.69, 9.17) is 22.1 Å². The average Bonchev–Trinajstić information content (AvgIpc) is 2.76. The lowest BCUT2D eigenvalue weighted by Gasteiger charge is -2.49. The second-order valence-corrected chi connectivity index (χ2v) is 8.46. The van der Waals surface area contributed by atoms with Gasteiger partial charge in [0.05, 0.1) is 0 Å². The summed E-state index contributed by atoms with van der Waals surface area (Å²) in [7, 11) is 0. The van der Waals surface area contributed by atoms with Crippen molar-refractivity contribution in [2.45, 2.75) is 37.3 Å². The molecule has 3 aromatic rings. The molecule has 1 atom stereocenters. The summed E-state index contributed by atoms with van der Waals surface area (Å²) in [4.78, 5) is 0. The van der Waals surface area contributed by atoms with E-state index in [9.17, 15) is 0 Å². The molecule has 0 saturated heterocycles. The summed E-state index contributed by atoms with van der Waals surface area (Å²) >= 11 is 6.19. The van der Waals surface area contributed by atoms with Crippen LogP contribution in [0.1, 0.15) is 42.0 Å². The van der Waals surface area contributed by atoms with Crippen molar-refractivity contribution in [1.82, 2.24) is 5.32 Å². The highest BCUT2D eigenvalue weighted by molar-refractivity contribution is 6.30. The highest BCUT2D eigenvalue weighted by atomic mass is 35.5. The molecule has 1 unspecified atom stereocenters. The zero-order valence-corrected chi connectivity index (χ0v) is 17.9. The molecule has 0 heterocycles. The highest BCUT2D eigenvalue weighted by Crippen LogP contribution is 2.52. The van der Waals surface area contributed by atoms with Crippen LogP contribution >= 0.6 is 11.6 Å². The Labute approximate surface area is 184 Å². The van der Waals surface area contributed by atoms with E-state index >= 15 is 0 Å². The Morgan fingerprint density at radius 2 is 1.73 bits per heavy atom. The number of ether oxygens (including phenoxy) is 1. The molecular formula is C26H29ClN2O. The van der Waals surface area contributed by atoms with Crippen molar-refractivity contribution in [2.75, 3.05) is 13.2 Å². The van der Waals surface area contributed by atoms with Crippen LogP contribution in [0.4, 0.5) is 0 Å². The quantitative estimate of drug-likeness (QED) is 0.471. The highest BCUT2D eigenvalue weighted by Gasteiger charge is 2.46. The molecule has 3 N–H and O–H groups in total. The summed E-state index contributed by atoms with van der Waals surface area (Å²) in [6.45, 7) is 1.84. The topological polar surface area (TPSA) is 47.3 Å². The molecule has 3 nitrogen and oxygen atoms in total. The number of benzene rings is 3. The van der Waals surface area contributed by atoms with Gasteiger partial charge in [0.1, 0.15) is 12.4 Å². The van der Waals surface area contributed by atoms with E-state index in [2.05, 4.69) is 66.0 Å². The first kappa shape index (κ1) is 20.9. The van der Waals surface area contributed by atoms with Crippen LogP contribution in [0, 0.1) is 0 Å². The van der Waals surface area contributed by atoms with Gasteiger partial charge in [-0.15, -0.1) is 0 Å². The van der Waals surface area contributed by atoms with Crippen molar-refractivity contribution < 1.29 is 4.74 Å². The Morgan fingerprint density at radius 3 is 2.40 bits per heavy atom. The molecule has 4 heteroatoms. The standard InChI is InChI=1S/C26H29ClN2O/c27-23-12-10-22(11-13-23)26(14-5-15-26)25(29-19-20-6-2-1-3-7-20)21-8-4-9-24(18-21)30-17-16-28/h1-4,6-13,18,25,29H,5,14-17,19,28H2. The zero-order valence-electron chi connectivity index (χ0n) is 17.2. The van der Waals surface area contributed by atoms with Crippen LogP contribution in [-0.4, -0.2) is 13.2 Å². The predicted molar refractivity (Wildman–Crippen MR) is 124 cm³/mol. The Morgan fingerprint density at radius 1 is 0.967 bits per heavy atom. The Bertz CT molecular complexity index is 939. The normalized spacial score (nSPS) is 15.9. The molecule has 0 aliphatic heterocycles. The number of nitrogens with two attached hydrogens (primary N) is 1. The lowest BCUT2D eigenvalue weighted by molar-refractivity contribution is 0.168. The molecule has 30 heavy (non-hydrogen) atoms. The van der Waals surface area contributed by atoms with Crippen LogP contribution in [-0.2, 0) is 12.0 Å². The third-order valence-electron chi connectivity index (χ3n) is 6.15. The zero-order chi connectivity index (χ0) is 20.8. The molecule has 0 aromatic heterocycles. The minimum absolute atomic E-state index is 0.0475.